The van der Waals surface area contributed by atoms with Gasteiger partial charge in [-0.25, -0.2) is 4.40 Å². The lowest BCUT2D eigenvalue weighted by Crippen LogP contribution is -1.93. The van der Waals surface area contributed by atoms with Crippen LogP contribution in [0.4, 0.5) is 0 Å². The van der Waals surface area contributed by atoms with Crippen molar-refractivity contribution in [2.45, 2.75) is 0 Å². The highest BCUT2D eigenvalue weighted by Gasteiger charge is 1.98. The fourth-order valence-electron chi connectivity index (χ4n) is 1.10. The molecular weight excluding hydrogens is 178 g/mol. The Kier molecular flexibility index (Phi) is 2.62. The summed E-state index contributed by atoms with van der Waals surface area (Å²) in [5, 5.41) is 1.96. The molecule has 0 bridgehead atoms. The molecule has 0 amide bonds. The van der Waals surface area contributed by atoms with Crippen molar-refractivity contribution in [2.75, 3.05) is 0 Å². The molecule has 1 aromatic carbocycles. The number of hydrogen-bond donors (Lipinski definition) is 0. The molecule has 0 saturated carbocycles. The Morgan fingerprint density at radius 3 is 2.69 bits per heavy atom. The van der Waals surface area contributed by atoms with Crippen LogP contribution in [0, 0.1) is 0 Å². The third-order valence-corrected chi connectivity index (χ3v) is 2.31. The molecule has 0 radical (unpaired) electrons. The summed E-state index contributed by atoms with van der Waals surface area (Å²) >= 11 is 1.46. The number of benzene rings is 1. The second kappa shape index (κ2) is 4.10. The van der Waals surface area contributed by atoms with Crippen molar-refractivity contribution in [3.8, 4) is 0 Å². The molecular formula is C11H9NS. The van der Waals surface area contributed by atoms with Gasteiger partial charge in [0.25, 0.3) is 0 Å². The van der Waals surface area contributed by atoms with Crippen LogP contribution in [0.3, 0.4) is 0 Å². The monoisotopic (exact) mass is 187 g/mol. The molecule has 1 heterocycles. The van der Waals surface area contributed by atoms with Gasteiger partial charge in [-0.3, -0.25) is 0 Å². The molecule has 0 atom stereocenters. The van der Waals surface area contributed by atoms with Crippen molar-refractivity contribution in [3.63, 3.8) is 0 Å². The lowest BCUT2D eigenvalue weighted by atomic mass is 10.1. The Bertz CT molecular complexity index is 363. The SMILES string of the molecule is C1=CSN=C(c2ccccc2)C=C1. The largest absolute Gasteiger partial charge is 0.212 e. The number of hydrogen-bond acceptors (Lipinski definition) is 2. The molecule has 1 nitrogen and oxygen atoms in total. The van der Waals surface area contributed by atoms with Gasteiger partial charge in [-0.15, -0.1) is 0 Å². The molecule has 2 rings (SSSR count). The maximum atomic E-state index is 4.35. The van der Waals surface area contributed by atoms with Gasteiger partial charge < -0.3 is 0 Å². The Morgan fingerprint density at radius 1 is 1.00 bits per heavy atom. The minimum Gasteiger partial charge on any atom is -0.212 e. The van der Waals surface area contributed by atoms with Crippen molar-refractivity contribution in [1.29, 1.82) is 0 Å². The molecule has 0 N–H and O–H groups in total. The first-order valence-electron chi connectivity index (χ1n) is 4.09. The summed E-state index contributed by atoms with van der Waals surface area (Å²) in [6, 6.07) is 10.2. The third kappa shape index (κ3) is 2.10. The van der Waals surface area contributed by atoms with E-state index < -0.39 is 0 Å². The van der Waals surface area contributed by atoms with Gasteiger partial charge in [0.2, 0.25) is 0 Å². The molecule has 1 aliphatic rings. The molecule has 0 spiro atoms. The van der Waals surface area contributed by atoms with Crippen LogP contribution < -0.4 is 0 Å². The second-order valence-corrected chi connectivity index (χ2v) is 3.30. The van der Waals surface area contributed by atoms with E-state index in [1.807, 2.05) is 41.8 Å². The van der Waals surface area contributed by atoms with Crippen LogP contribution in [0.15, 0.2) is 58.4 Å². The van der Waals surface area contributed by atoms with Crippen LogP contribution >= 0.6 is 11.9 Å². The zero-order chi connectivity index (χ0) is 8.93. The molecule has 0 aliphatic carbocycles. The predicted octanol–water partition coefficient (Wildman–Crippen LogP) is 3.21. The average Bonchev–Trinajstić information content (AvgIpc) is 2.47. The fraction of sp³-hybridized carbons (Fsp3) is 0. The Balaban J connectivity index is 2.32. The zero-order valence-corrected chi connectivity index (χ0v) is 7.87. The van der Waals surface area contributed by atoms with Crippen LogP contribution in [0.1, 0.15) is 5.56 Å². The lowest BCUT2D eigenvalue weighted by molar-refractivity contribution is 1.64. The molecule has 0 unspecified atom stereocenters. The van der Waals surface area contributed by atoms with Crippen LogP contribution in [-0.2, 0) is 0 Å². The maximum absolute atomic E-state index is 4.35. The molecule has 13 heavy (non-hydrogen) atoms. The van der Waals surface area contributed by atoms with Crippen molar-refractivity contribution >= 4 is 17.7 Å². The van der Waals surface area contributed by atoms with E-state index in [1.165, 1.54) is 11.9 Å². The van der Waals surface area contributed by atoms with Gasteiger partial charge >= 0.3 is 0 Å². The van der Waals surface area contributed by atoms with Crippen molar-refractivity contribution < 1.29 is 0 Å². The van der Waals surface area contributed by atoms with Gasteiger partial charge in [-0.05, 0) is 11.5 Å². The molecule has 2 heteroatoms. The number of rotatable bonds is 1. The van der Waals surface area contributed by atoms with Crippen molar-refractivity contribution in [2.24, 2.45) is 4.40 Å². The molecule has 1 aromatic rings. The summed E-state index contributed by atoms with van der Waals surface area (Å²) in [6.07, 6.45) is 6.02. The highest BCUT2D eigenvalue weighted by atomic mass is 32.2. The van der Waals surface area contributed by atoms with Crippen molar-refractivity contribution in [3.05, 3.63) is 59.5 Å². The van der Waals surface area contributed by atoms with Crippen LogP contribution in [-0.4, -0.2) is 5.71 Å². The van der Waals surface area contributed by atoms with Crippen LogP contribution in [0.5, 0.6) is 0 Å². The van der Waals surface area contributed by atoms with Gasteiger partial charge in [-0.2, -0.15) is 0 Å². The molecule has 64 valence electrons. The smallest absolute Gasteiger partial charge is 0.0789 e. The quantitative estimate of drug-likeness (QED) is 0.615. The van der Waals surface area contributed by atoms with Gasteiger partial charge in [0.05, 0.1) is 5.71 Å². The van der Waals surface area contributed by atoms with E-state index in [1.54, 1.807) is 0 Å². The average molecular weight is 187 g/mol. The standard InChI is InChI=1S/C11H9NS/c1-2-6-10(7-3-1)11-8-4-5-9-13-12-11/h1-9H. The first-order chi connectivity index (χ1) is 6.47. The summed E-state index contributed by atoms with van der Waals surface area (Å²) in [5.41, 5.74) is 2.19. The minimum absolute atomic E-state index is 1.02. The van der Waals surface area contributed by atoms with Gasteiger partial charge in [0.15, 0.2) is 0 Å². The van der Waals surface area contributed by atoms with E-state index in [9.17, 15) is 0 Å². The van der Waals surface area contributed by atoms with Gasteiger partial charge in [-0.1, -0.05) is 42.5 Å². The number of nitrogens with zero attached hydrogens (tertiary/aromatic N) is 1. The topological polar surface area (TPSA) is 12.4 Å². The van der Waals surface area contributed by atoms with Crippen molar-refractivity contribution in [1.82, 2.24) is 0 Å². The van der Waals surface area contributed by atoms with Gasteiger partial charge in [0.1, 0.15) is 0 Å². The lowest BCUT2D eigenvalue weighted by Gasteiger charge is -1.97. The highest BCUT2D eigenvalue weighted by molar-refractivity contribution is 8.01. The van der Waals surface area contributed by atoms with E-state index in [4.69, 9.17) is 0 Å². The van der Waals surface area contributed by atoms with Gasteiger partial charge in [0, 0.05) is 17.5 Å². The fourth-order valence-corrected chi connectivity index (χ4v) is 1.60. The molecule has 0 fully saturated rings. The Morgan fingerprint density at radius 2 is 1.85 bits per heavy atom. The summed E-state index contributed by atoms with van der Waals surface area (Å²) in [5.74, 6) is 0. The van der Waals surface area contributed by atoms with E-state index in [0.717, 1.165) is 11.3 Å². The predicted molar refractivity (Wildman–Crippen MR) is 58.9 cm³/mol. The molecule has 1 aliphatic heterocycles. The van der Waals surface area contributed by atoms with Crippen LogP contribution in [0.2, 0.25) is 0 Å². The Labute approximate surface area is 82.0 Å². The molecule has 0 saturated heterocycles. The third-order valence-electron chi connectivity index (χ3n) is 1.73. The maximum Gasteiger partial charge on any atom is 0.0789 e. The van der Waals surface area contributed by atoms with E-state index in [-0.39, 0.29) is 0 Å². The summed E-state index contributed by atoms with van der Waals surface area (Å²) in [7, 11) is 0. The normalized spacial score (nSPS) is 15.2. The Hall–Kier alpha value is -1.28. The summed E-state index contributed by atoms with van der Waals surface area (Å²) in [6.45, 7) is 0. The first kappa shape index (κ1) is 8.32. The summed E-state index contributed by atoms with van der Waals surface area (Å²) < 4.78 is 4.35. The zero-order valence-electron chi connectivity index (χ0n) is 7.05. The summed E-state index contributed by atoms with van der Waals surface area (Å²) in [4.78, 5) is 0. The van der Waals surface area contributed by atoms with Crippen LogP contribution in [0.25, 0.3) is 0 Å². The second-order valence-electron chi connectivity index (χ2n) is 2.64. The first-order valence-corrected chi connectivity index (χ1v) is 4.93. The molecule has 0 aromatic heterocycles. The van der Waals surface area contributed by atoms with E-state index >= 15 is 0 Å². The minimum atomic E-state index is 1.02. The number of allylic oxidation sites excluding steroid dienone is 3. The highest BCUT2D eigenvalue weighted by Crippen LogP contribution is 2.13. The van der Waals surface area contributed by atoms with E-state index in [0.29, 0.717) is 0 Å². The van der Waals surface area contributed by atoms with E-state index in [2.05, 4.69) is 16.5 Å².